The smallest absolute Gasteiger partial charge is 0.343 e. The van der Waals surface area contributed by atoms with Gasteiger partial charge in [0.15, 0.2) is 0 Å². The molecule has 0 radical (unpaired) electrons. The average molecular weight is 366 g/mol. The fourth-order valence-corrected chi connectivity index (χ4v) is 0.780. The third kappa shape index (κ3) is 84.4. The number of rotatable bonds is 6. The van der Waals surface area contributed by atoms with Gasteiger partial charge in [0.25, 0.3) is 0 Å². The van der Waals surface area contributed by atoms with Crippen LogP contribution in [-0.4, -0.2) is 9.79 Å². The summed E-state index contributed by atoms with van der Waals surface area (Å²) in [6.45, 7) is 11.7. The molecule has 0 aromatic rings. The predicted octanol–water partition coefficient (Wildman–Crippen LogP) is 4.92. The zero-order valence-corrected chi connectivity index (χ0v) is 17.5. The summed E-state index contributed by atoms with van der Waals surface area (Å²) in [7, 11) is 0. The Hall–Kier alpha value is 1.54. The standard InChI is InChI=1S/C8H17.C4H9.H3O2PS2.Zn/c1-3-5-7-8-6-4-2;1-3-4-2;1-3(2,4)5;/h1,3-8H2,2H3;1,3-4H2,2H3;(H3,1,2,4,5);/q2*-1;;+2. The maximum Gasteiger partial charge on any atom is 2.00 e. The average Bonchev–Trinajstić information content (AvgIpc) is 2.23. The van der Waals surface area contributed by atoms with Crippen molar-refractivity contribution in [2.24, 2.45) is 0 Å². The topological polar surface area (TPSA) is 40.5 Å². The van der Waals surface area contributed by atoms with Crippen molar-refractivity contribution < 1.29 is 29.3 Å². The van der Waals surface area contributed by atoms with E-state index in [4.69, 9.17) is 9.79 Å². The van der Waals surface area contributed by atoms with Crippen molar-refractivity contribution in [2.75, 3.05) is 0 Å². The van der Waals surface area contributed by atoms with E-state index in [9.17, 15) is 0 Å². The Kier molecular flexibility index (Phi) is 36.5. The summed E-state index contributed by atoms with van der Waals surface area (Å²) >= 11 is 7.07. The molecule has 108 valence electrons. The van der Waals surface area contributed by atoms with Crippen molar-refractivity contribution in [1.82, 2.24) is 0 Å². The molecule has 0 aromatic carbocycles. The van der Waals surface area contributed by atoms with E-state index in [0.717, 1.165) is 12.8 Å². The van der Waals surface area contributed by atoms with Gasteiger partial charge in [-0.15, -0.1) is 0 Å². The van der Waals surface area contributed by atoms with E-state index in [1.54, 1.807) is 0 Å². The Morgan fingerprint density at radius 1 is 0.944 bits per heavy atom. The molecule has 2 nitrogen and oxygen atoms in total. The molecule has 0 saturated heterocycles. The van der Waals surface area contributed by atoms with Gasteiger partial charge >= 0.3 is 19.5 Å². The number of hydrogen-bond donors (Lipinski definition) is 3. The summed E-state index contributed by atoms with van der Waals surface area (Å²) in [4.78, 5) is 15.7. The Morgan fingerprint density at radius 2 is 1.28 bits per heavy atom. The summed E-state index contributed by atoms with van der Waals surface area (Å²) in [5, 5.41) is 0. The number of hydrogen-bond acceptors (Lipinski definition) is 1. The minimum atomic E-state index is -3.11. The van der Waals surface area contributed by atoms with Crippen LogP contribution >= 0.6 is 17.9 Å². The summed E-state index contributed by atoms with van der Waals surface area (Å²) in [5.74, 6) is 0. The number of unbranched alkanes of at least 4 members (excludes halogenated alkanes) is 6. The molecule has 0 saturated carbocycles. The molecule has 18 heavy (non-hydrogen) atoms. The Bertz CT molecular complexity index is 150. The van der Waals surface area contributed by atoms with E-state index in [2.05, 4.69) is 51.8 Å². The van der Waals surface area contributed by atoms with Gasteiger partial charge in [0.1, 0.15) is 0 Å². The zero-order chi connectivity index (χ0) is 14.2. The van der Waals surface area contributed by atoms with Gasteiger partial charge in [-0.25, -0.2) is 0 Å². The van der Waals surface area contributed by atoms with Crippen LogP contribution < -0.4 is 0 Å². The van der Waals surface area contributed by atoms with Crippen LogP contribution in [0.5, 0.6) is 0 Å². The normalized spacial score (nSPS) is 9.28. The molecule has 0 spiro atoms. The Morgan fingerprint density at radius 3 is 1.50 bits per heavy atom. The third-order valence-electron chi connectivity index (χ3n) is 1.71. The second kappa shape index (κ2) is 23.6. The van der Waals surface area contributed by atoms with Crippen molar-refractivity contribution in [1.29, 1.82) is 0 Å². The molecule has 6 heteroatoms. The second-order valence-electron chi connectivity index (χ2n) is 3.63. The van der Waals surface area contributed by atoms with Gasteiger partial charge in [-0.2, -0.15) is 12.8 Å². The van der Waals surface area contributed by atoms with E-state index < -0.39 is 5.69 Å². The largest absolute Gasteiger partial charge is 2.00 e. The molecule has 0 bridgehead atoms. The van der Waals surface area contributed by atoms with Crippen LogP contribution in [-0.2, 0) is 31.3 Å². The van der Waals surface area contributed by atoms with Gasteiger partial charge in [-0.3, -0.25) is 0 Å². The molecule has 0 rings (SSSR count). The monoisotopic (exact) mass is 364 g/mol. The summed E-state index contributed by atoms with van der Waals surface area (Å²) in [6, 6.07) is 0. The van der Waals surface area contributed by atoms with Crippen LogP contribution in [0.1, 0.15) is 65.2 Å². The molecule has 2 N–H and O–H groups in total. The van der Waals surface area contributed by atoms with Gasteiger partial charge < -0.3 is 23.6 Å². The van der Waals surface area contributed by atoms with Crippen molar-refractivity contribution in [3.8, 4) is 0 Å². The fraction of sp³-hybridized carbons (Fsp3) is 0.833. The van der Waals surface area contributed by atoms with E-state index >= 15 is 0 Å². The molecule has 0 aliphatic carbocycles. The number of thiol groups is 1. The minimum absolute atomic E-state index is 0. The summed E-state index contributed by atoms with van der Waals surface area (Å²) in [6.07, 6.45) is 10.3. The van der Waals surface area contributed by atoms with E-state index in [1.165, 1.54) is 38.5 Å². The molecular weight excluding hydrogens is 337 g/mol. The Balaban J connectivity index is -0.0000000855. The van der Waals surface area contributed by atoms with E-state index in [-0.39, 0.29) is 19.5 Å². The van der Waals surface area contributed by atoms with Crippen LogP contribution in [0.25, 0.3) is 0 Å². The van der Waals surface area contributed by atoms with Crippen molar-refractivity contribution in [2.45, 2.75) is 65.2 Å². The molecule has 0 amide bonds. The Labute approximate surface area is 137 Å². The van der Waals surface area contributed by atoms with Crippen LogP contribution in [0.2, 0.25) is 0 Å². The molecule has 0 heterocycles. The van der Waals surface area contributed by atoms with Gasteiger partial charge in [-0.1, -0.05) is 64.6 Å². The maximum absolute atomic E-state index is 7.87. The third-order valence-corrected chi connectivity index (χ3v) is 1.71. The molecular formula is C12H29O2PS2Zn. The molecule has 0 fully saturated rings. The van der Waals surface area contributed by atoms with Gasteiger partial charge in [0, 0.05) is 0 Å². The zero-order valence-electron chi connectivity index (χ0n) is 12.0. The fourth-order valence-electron chi connectivity index (χ4n) is 0.780. The van der Waals surface area contributed by atoms with Crippen LogP contribution in [0, 0.1) is 13.8 Å². The van der Waals surface area contributed by atoms with Crippen LogP contribution in [0.15, 0.2) is 0 Å². The first-order chi connectivity index (χ1) is 7.83. The van der Waals surface area contributed by atoms with Crippen LogP contribution in [0.4, 0.5) is 0 Å². The summed E-state index contributed by atoms with van der Waals surface area (Å²) < 4.78 is 0. The molecule has 0 unspecified atom stereocenters. The van der Waals surface area contributed by atoms with Crippen molar-refractivity contribution >= 4 is 29.7 Å². The first-order valence-electron chi connectivity index (χ1n) is 6.20. The molecule has 0 aliphatic heterocycles. The van der Waals surface area contributed by atoms with Gasteiger partial charge in [0.2, 0.25) is 5.69 Å². The first-order valence-corrected chi connectivity index (χ1v) is 10.1. The first kappa shape index (κ1) is 27.8. The molecule has 0 aliphatic rings. The maximum atomic E-state index is 7.87. The van der Waals surface area contributed by atoms with E-state index in [1.807, 2.05) is 0 Å². The van der Waals surface area contributed by atoms with E-state index in [0.29, 0.717) is 0 Å². The molecule has 0 atom stereocenters. The molecule has 0 aromatic heterocycles. The van der Waals surface area contributed by atoms with Crippen molar-refractivity contribution in [3.63, 3.8) is 0 Å². The quantitative estimate of drug-likeness (QED) is 0.205. The SMILES string of the molecule is OP(O)(=S)S.[CH2-]CCC.[CH2-]CCCCCCC.[Zn+2]. The van der Waals surface area contributed by atoms with Gasteiger partial charge in [-0.05, 0) is 11.8 Å². The summed E-state index contributed by atoms with van der Waals surface area (Å²) in [5.41, 5.74) is -3.11. The van der Waals surface area contributed by atoms with Crippen LogP contribution in [0.3, 0.4) is 0 Å². The second-order valence-corrected chi connectivity index (χ2v) is 8.67. The minimum Gasteiger partial charge on any atom is -0.343 e. The predicted molar refractivity (Wildman–Crippen MR) is 86.7 cm³/mol. The van der Waals surface area contributed by atoms with Crippen molar-refractivity contribution in [3.05, 3.63) is 13.8 Å². The van der Waals surface area contributed by atoms with Gasteiger partial charge in [0.05, 0.1) is 0 Å².